The van der Waals surface area contributed by atoms with Crippen LogP contribution >= 0.6 is 0 Å². The maximum atomic E-state index is 11.4. The fourth-order valence-corrected chi connectivity index (χ4v) is 2.17. The summed E-state index contributed by atoms with van der Waals surface area (Å²) in [6, 6.07) is 7.57. The monoisotopic (exact) mass is 355 g/mol. The number of anilines is 1. The summed E-state index contributed by atoms with van der Waals surface area (Å²) in [5, 5.41) is 9.13. The largest absolute Gasteiger partial charge is 0.379 e. The van der Waals surface area contributed by atoms with Gasteiger partial charge in [-0.05, 0) is 44.5 Å². The molecule has 0 radical (unpaired) electrons. The van der Waals surface area contributed by atoms with E-state index in [0.29, 0.717) is 12.4 Å². The summed E-state index contributed by atoms with van der Waals surface area (Å²) in [5.41, 5.74) is 2.74. The first-order valence-electron chi connectivity index (χ1n) is 8.50. The maximum Gasteiger partial charge on any atom is 0.247 e. The van der Waals surface area contributed by atoms with Gasteiger partial charge in [-0.3, -0.25) is 4.79 Å². The molecule has 140 valence electrons. The Hall–Kier alpha value is -3.02. The Morgan fingerprint density at radius 1 is 1.35 bits per heavy atom. The summed E-state index contributed by atoms with van der Waals surface area (Å²) in [7, 11) is 2.02. The van der Waals surface area contributed by atoms with Crippen LogP contribution in [0.15, 0.2) is 66.2 Å². The molecule has 3 N–H and O–H groups in total. The van der Waals surface area contributed by atoms with Crippen molar-refractivity contribution in [2.24, 2.45) is 4.99 Å². The average Bonchev–Trinajstić information content (AvgIpc) is 2.59. The third-order valence-electron chi connectivity index (χ3n) is 3.47. The molecule has 0 heterocycles. The van der Waals surface area contributed by atoms with Crippen molar-refractivity contribution in [3.05, 3.63) is 66.8 Å². The lowest BCUT2D eigenvalue weighted by atomic mass is 10.2. The molecule has 26 heavy (non-hydrogen) atoms. The van der Waals surface area contributed by atoms with Gasteiger partial charge in [0.05, 0.1) is 0 Å². The highest BCUT2D eigenvalue weighted by Gasteiger charge is 2.00. The summed E-state index contributed by atoms with van der Waals surface area (Å²) in [4.78, 5) is 17.9. The Labute approximate surface area is 156 Å². The SMILES string of the molecule is C=CC(=O)Nc1cccc(CNC(=C)/N=C(\C)N/C(C)=C/N(C)CC)c1. The first-order valence-corrected chi connectivity index (χ1v) is 8.50. The first kappa shape index (κ1) is 21.0. The Balaban J connectivity index is 2.58. The van der Waals surface area contributed by atoms with Crippen molar-refractivity contribution in [2.75, 3.05) is 18.9 Å². The Morgan fingerprint density at radius 2 is 2.08 bits per heavy atom. The lowest BCUT2D eigenvalue weighted by Crippen LogP contribution is -2.22. The summed E-state index contributed by atoms with van der Waals surface area (Å²) in [6.45, 7) is 14.8. The van der Waals surface area contributed by atoms with Crippen LogP contribution in [0.1, 0.15) is 26.3 Å². The minimum Gasteiger partial charge on any atom is -0.379 e. The maximum absolute atomic E-state index is 11.4. The molecule has 6 nitrogen and oxygen atoms in total. The zero-order chi connectivity index (χ0) is 19.5. The average molecular weight is 355 g/mol. The van der Waals surface area contributed by atoms with Crippen LogP contribution < -0.4 is 16.0 Å². The number of hydrogen-bond acceptors (Lipinski definition) is 4. The lowest BCUT2D eigenvalue weighted by Gasteiger charge is -2.14. The normalized spacial score (nSPS) is 11.5. The van der Waals surface area contributed by atoms with E-state index in [-0.39, 0.29) is 5.91 Å². The van der Waals surface area contributed by atoms with Crippen LogP contribution in [-0.2, 0) is 11.3 Å². The van der Waals surface area contributed by atoms with Gasteiger partial charge in [0.25, 0.3) is 0 Å². The zero-order valence-electron chi connectivity index (χ0n) is 16.1. The van der Waals surface area contributed by atoms with Crippen LogP contribution in [0.2, 0.25) is 0 Å². The van der Waals surface area contributed by atoms with Crippen molar-refractivity contribution >= 4 is 17.4 Å². The van der Waals surface area contributed by atoms with Crippen LogP contribution in [0.25, 0.3) is 0 Å². The molecule has 0 aromatic heterocycles. The molecule has 0 aliphatic rings. The van der Waals surface area contributed by atoms with Gasteiger partial charge in [-0.1, -0.05) is 25.3 Å². The number of rotatable bonds is 9. The molecule has 0 aliphatic carbocycles. The number of carbonyl (C=O) groups excluding carboxylic acids is 1. The van der Waals surface area contributed by atoms with Gasteiger partial charge in [0.1, 0.15) is 11.7 Å². The number of amidine groups is 1. The molecule has 1 amide bonds. The third-order valence-corrected chi connectivity index (χ3v) is 3.47. The molecule has 0 saturated carbocycles. The van der Waals surface area contributed by atoms with Crippen LogP contribution in [0, 0.1) is 0 Å². The number of nitrogens with zero attached hydrogens (tertiary/aromatic N) is 2. The molecule has 1 rings (SSSR count). The second-order valence-electron chi connectivity index (χ2n) is 5.90. The van der Waals surface area contributed by atoms with Gasteiger partial charge in [-0.25, -0.2) is 4.99 Å². The van der Waals surface area contributed by atoms with Crippen molar-refractivity contribution in [1.29, 1.82) is 0 Å². The fraction of sp³-hybridized carbons (Fsp3) is 0.300. The molecule has 0 unspecified atom stereocenters. The summed E-state index contributed by atoms with van der Waals surface area (Å²) < 4.78 is 0. The molecule has 1 aromatic rings. The lowest BCUT2D eigenvalue weighted by molar-refractivity contribution is -0.111. The first-order chi connectivity index (χ1) is 12.3. The molecule has 0 spiro atoms. The van der Waals surface area contributed by atoms with Gasteiger partial charge in [-0.2, -0.15) is 0 Å². The predicted molar refractivity (Wildman–Crippen MR) is 110 cm³/mol. The van der Waals surface area contributed by atoms with Gasteiger partial charge in [0.15, 0.2) is 0 Å². The second-order valence-corrected chi connectivity index (χ2v) is 5.90. The van der Waals surface area contributed by atoms with Crippen molar-refractivity contribution in [3.63, 3.8) is 0 Å². The summed E-state index contributed by atoms with van der Waals surface area (Å²) in [5.74, 6) is 1.09. The highest BCUT2D eigenvalue weighted by Crippen LogP contribution is 2.11. The molecule has 0 saturated heterocycles. The standard InChI is InChI=1S/C20H29N5O/c1-7-20(26)24-19-11-9-10-18(12-19)13-21-16(4)23-17(5)22-15(3)14-25(6)8-2/h7,9-12,14,21H,1,4,8,13H2,2-3,5-6H3,(H,22,23)(H,24,26)/b15-14+. The van der Waals surface area contributed by atoms with Crippen LogP contribution in [0.5, 0.6) is 0 Å². The highest BCUT2D eigenvalue weighted by molar-refractivity contribution is 5.98. The smallest absolute Gasteiger partial charge is 0.247 e. The number of hydrogen-bond donors (Lipinski definition) is 3. The van der Waals surface area contributed by atoms with Gasteiger partial charge in [-0.15, -0.1) is 0 Å². The number of carbonyl (C=O) groups is 1. The quantitative estimate of drug-likeness (QED) is 0.361. The zero-order valence-corrected chi connectivity index (χ0v) is 16.1. The van der Waals surface area contributed by atoms with Crippen molar-refractivity contribution in [2.45, 2.75) is 27.3 Å². The Morgan fingerprint density at radius 3 is 2.73 bits per heavy atom. The van der Waals surface area contributed by atoms with E-state index in [1.54, 1.807) is 0 Å². The fourth-order valence-electron chi connectivity index (χ4n) is 2.17. The molecule has 0 atom stereocenters. The van der Waals surface area contributed by atoms with Crippen molar-refractivity contribution in [3.8, 4) is 0 Å². The number of amides is 1. The van der Waals surface area contributed by atoms with Crippen molar-refractivity contribution < 1.29 is 4.79 Å². The number of aliphatic imine (C=N–C) groups is 1. The molecular weight excluding hydrogens is 326 g/mol. The van der Waals surface area contributed by atoms with E-state index in [4.69, 9.17) is 0 Å². The molecule has 0 fully saturated rings. The van der Waals surface area contributed by atoms with Gasteiger partial charge < -0.3 is 20.9 Å². The summed E-state index contributed by atoms with van der Waals surface area (Å²) in [6.07, 6.45) is 3.27. The molecule has 0 aliphatic heterocycles. The highest BCUT2D eigenvalue weighted by atomic mass is 16.1. The Bertz CT molecular complexity index is 706. The molecule has 1 aromatic carbocycles. The predicted octanol–water partition coefficient (Wildman–Crippen LogP) is 3.19. The minimum absolute atomic E-state index is 0.233. The van der Waals surface area contributed by atoms with E-state index >= 15 is 0 Å². The topological polar surface area (TPSA) is 68.8 Å². The minimum atomic E-state index is -0.233. The van der Waals surface area contributed by atoms with Gasteiger partial charge in [0.2, 0.25) is 5.91 Å². The van der Waals surface area contributed by atoms with Gasteiger partial charge >= 0.3 is 0 Å². The van der Waals surface area contributed by atoms with E-state index in [1.165, 1.54) is 6.08 Å². The summed E-state index contributed by atoms with van der Waals surface area (Å²) >= 11 is 0. The van der Waals surface area contributed by atoms with E-state index in [9.17, 15) is 4.79 Å². The van der Waals surface area contributed by atoms with Gasteiger partial charge in [0, 0.05) is 37.7 Å². The van der Waals surface area contributed by atoms with Crippen LogP contribution in [-0.4, -0.2) is 30.2 Å². The number of nitrogens with one attached hydrogen (secondary N) is 3. The van der Waals surface area contributed by atoms with Crippen molar-refractivity contribution in [1.82, 2.24) is 15.5 Å². The Kier molecular flexibility index (Phi) is 8.70. The van der Waals surface area contributed by atoms with Crippen LogP contribution in [0.4, 0.5) is 5.69 Å². The number of allylic oxidation sites excluding steroid dienone is 1. The van der Waals surface area contributed by atoms with Crippen LogP contribution in [0.3, 0.4) is 0 Å². The van der Waals surface area contributed by atoms with E-state index in [2.05, 4.69) is 45.9 Å². The third kappa shape index (κ3) is 8.19. The van der Waals surface area contributed by atoms with E-state index < -0.39 is 0 Å². The van der Waals surface area contributed by atoms with E-state index in [1.807, 2.05) is 51.4 Å². The number of benzene rings is 1. The molecular formula is C20H29N5O. The molecule has 6 heteroatoms. The molecule has 0 bridgehead atoms. The second kappa shape index (κ2) is 10.8. The van der Waals surface area contributed by atoms with E-state index in [0.717, 1.165) is 29.3 Å².